The average Bonchev–Trinajstić information content (AvgIpc) is 2.77. The third-order valence-corrected chi connectivity index (χ3v) is 6.19. The number of methoxy groups -OCH3 is 1. The van der Waals surface area contributed by atoms with Crippen LogP contribution in [0.5, 0.6) is 0 Å². The van der Waals surface area contributed by atoms with Gasteiger partial charge in [-0.2, -0.15) is 0 Å². The van der Waals surface area contributed by atoms with E-state index in [1.54, 1.807) is 19.2 Å². The number of nitrogens with two attached hydrogens (primary N) is 1. The van der Waals surface area contributed by atoms with Gasteiger partial charge in [-0.1, -0.05) is 13.0 Å². The van der Waals surface area contributed by atoms with Crippen molar-refractivity contribution in [2.75, 3.05) is 33.0 Å². The van der Waals surface area contributed by atoms with E-state index in [0.29, 0.717) is 11.3 Å². The molecule has 6 nitrogen and oxygen atoms in total. The number of nitrogens with zero attached hydrogens (tertiary/aromatic N) is 2. The van der Waals surface area contributed by atoms with Crippen LogP contribution in [0.4, 0.5) is 5.69 Å². The van der Waals surface area contributed by atoms with Crippen molar-refractivity contribution in [2.24, 2.45) is 0 Å². The lowest BCUT2D eigenvalue weighted by atomic mass is 9.82. The van der Waals surface area contributed by atoms with Gasteiger partial charge in [0.2, 0.25) is 0 Å². The van der Waals surface area contributed by atoms with Crippen LogP contribution in [-0.4, -0.2) is 48.5 Å². The van der Waals surface area contributed by atoms with E-state index in [2.05, 4.69) is 36.5 Å². The molecule has 3 rings (SSSR count). The zero-order valence-electron chi connectivity index (χ0n) is 19.5. The molecule has 32 heavy (non-hydrogen) atoms. The van der Waals surface area contributed by atoms with Gasteiger partial charge in [0.25, 0.3) is 5.91 Å². The van der Waals surface area contributed by atoms with Gasteiger partial charge in [0.15, 0.2) is 0 Å². The molecule has 0 unspecified atom stereocenters. The molecule has 2 aliphatic rings. The Morgan fingerprint density at radius 3 is 2.53 bits per heavy atom. The number of ether oxygens (including phenoxy) is 1. The van der Waals surface area contributed by atoms with E-state index in [0.717, 1.165) is 51.0 Å². The highest BCUT2D eigenvalue weighted by molar-refractivity contribution is 5.94. The van der Waals surface area contributed by atoms with Crippen LogP contribution < -0.4 is 11.1 Å². The molecule has 6 heteroatoms. The molecule has 1 fully saturated rings. The van der Waals surface area contributed by atoms with Crippen molar-refractivity contribution in [3.63, 3.8) is 0 Å². The maximum Gasteiger partial charge on any atom is 0.253 e. The number of carbonyl (C=O) groups excluding carboxylic acids is 1. The Balaban J connectivity index is 1.81. The summed E-state index contributed by atoms with van der Waals surface area (Å²) in [5.41, 5.74) is 8.22. The van der Waals surface area contributed by atoms with E-state index in [-0.39, 0.29) is 11.4 Å². The Kier molecular flexibility index (Phi) is 8.03. The quantitative estimate of drug-likeness (QED) is 0.687. The van der Waals surface area contributed by atoms with Gasteiger partial charge >= 0.3 is 0 Å². The number of likely N-dealkylation sites (tertiary alicyclic amines) is 1. The minimum atomic E-state index is -0.196. The van der Waals surface area contributed by atoms with Crippen LogP contribution in [0.15, 0.2) is 72.4 Å². The fourth-order valence-corrected chi connectivity index (χ4v) is 4.56. The summed E-state index contributed by atoms with van der Waals surface area (Å²) in [6.07, 6.45) is 17.0. The number of hydrogen-bond acceptors (Lipinski definition) is 5. The van der Waals surface area contributed by atoms with Crippen molar-refractivity contribution in [3.05, 3.63) is 78.0 Å². The number of anilines is 1. The summed E-state index contributed by atoms with van der Waals surface area (Å²) in [7, 11) is 3.78. The van der Waals surface area contributed by atoms with E-state index in [1.807, 2.05) is 41.5 Å². The zero-order valence-corrected chi connectivity index (χ0v) is 19.5. The number of nitrogen functional groups attached to an aromatic ring is 1. The molecule has 172 valence electrons. The SMILES string of the molecule is CC/C=C1\N(C)/C=C/C=C(OC)\C=C\NC12CCCN(C(=O)c1ccc(N)cc1)CCC2. The van der Waals surface area contributed by atoms with Gasteiger partial charge in [-0.25, -0.2) is 0 Å². The second-order valence-electron chi connectivity index (χ2n) is 8.40. The van der Waals surface area contributed by atoms with Crippen molar-refractivity contribution < 1.29 is 9.53 Å². The van der Waals surface area contributed by atoms with Crippen LogP contribution in [0.3, 0.4) is 0 Å². The molecule has 0 saturated carbocycles. The maximum atomic E-state index is 13.0. The van der Waals surface area contributed by atoms with E-state index in [1.165, 1.54) is 5.70 Å². The van der Waals surface area contributed by atoms with E-state index in [4.69, 9.17) is 10.5 Å². The van der Waals surface area contributed by atoms with Gasteiger partial charge in [0, 0.05) is 49.5 Å². The molecule has 1 spiro atoms. The van der Waals surface area contributed by atoms with E-state index in [9.17, 15) is 4.79 Å². The number of carbonyl (C=O) groups is 1. The molecule has 2 heterocycles. The first-order valence-electron chi connectivity index (χ1n) is 11.4. The fraction of sp³-hybridized carbons (Fsp3) is 0.423. The van der Waals surface area contributed by atoms with Gasteiger partial charge in [-0.15, -0.1) is 0 Å². The Hall–Kier alpha value is -3.15. The van der Waals surface area contributed by atoms with Crippen LogP contribution in [-0.2, 0) is 4.74 Å². The van der Waals surface area contributed by atoms with Gasteiger partial charge in [-0.3, -0.25) is 4.79 Å². The summed E-state index contributed by atoms with van der Waals surface area (Å²) in [5, 5.41) is 3.72. The molecule has 1 aromatic carbocycles. The highest BCUT2D eigenvalue weighted by atomic mass is 16.5. The number of nitrogens with one attached hydrogen (secondary N) is 1. The lowest BCUT2D eigenvalue weighted by Crippen LogP contribution is -2.50. The third-order valence-electron chi connectivity index (χ3n) is 6.19. The Bertz CT molecular complexity index is 889. The second kappa shape index (κ2) is 10.9. The predicted octanol–water partition coefficient (Wildman–Crippen LogP) is 4.41. The molecule has 0 aliphatic carbocycles. The average molecular weight is 437 g/mol. The standard InChI is InChI=1S/C26H36N4O2/c1-4-8-24-26(28-17-14-23(32-3)9-5-18-29(24)2)15-6-19-30(20-7-16-26)25(31)21-10-12-22(27)13-11-21/h5,8-14,17-18,28H,4,6-7,15-16,19-20,27H2,1-3H3/b17-14+,18-5+,23-9+,24-8-. The first-order chi connectivity index (χ1) is 15.5. The largest absolute Gasteiger partial charge is 0.497 e. The lowest BCUT2D eigenvalue weighted by Gasteiger charge is -2.43. The normalized spacial score (nSPS) is 24.0. The van der Waals surface area contributed by atoms with Gasteiger partial charge in [0.05, 0.1) is 12.6 Å². The first-order valence-corrected chi connectivity index (χ1v) is 11.4. The smallest absolute Gasteiger partial charge is 0.253 e. The molecule has 0 atom stereocenters. The Morgan fingerprint density at radius 1 is 1.22 bits per heavy atom. The molecule has 2 aliphatic heterocycles. The highest BCUT2D eigenvalue weighted by Gasteiger charge is 2.36. The topological polar surface area (TPSA) is 70.8 Å². The van der Waals surface area contributed by atoms with Crippen molar-refractivity contribution in [2.45, 2.75) is 44.6 Å². The Morgan fingerprint density at radius 2 is 1.91 bits per heavy atom. The number of allylic oxidation sites excluding steroid dienone is 4. The summed E-state index contributed by atoms with van der Waals surface area (Å²) in [4.78, 5) is 17.2. The van der Waals surface area contributed by atoms with Gasteiger partial charge in [0.1, 0.15) is 5.76 Å². The third kappa shape index (κ3) is 5.55. The van der Waals surface area contributed by atoms with Crippen LogP contribution in [0.2, 0.25) is 0 Å². The maximum absolute atomic E-state index is 13.0. The summed E-state index contributed by atoms with van der Waals surface area (Å²) in [6, 6.07) is 7.21. The number of benzene rings is 1. The summed E-state index contributed by atoms with van der Waals surface area (Å²) in [6.45, 7) is 3.64. The van der Waals surface area contributed by atoms with Crippen LogP contribution in [0.25, 0.3) is 0 Å². The molecular weight excluding hydrogens is 400 g/mol. The fourth-order valence-electron chi connectivity index (χ4n) is 4.56. The molecular formula is C26H36N4O2. The molecule has 0 radical (unpaired) electrons. The van der Waals surface area contributed by atoms with Gasteiger partial charge < -0.3 is 25.6 Å². The van der Waals surface area contributed by atoms with Crippen molar-refractivity contribution in [3.8, 4) is 0 Å². The molecule has 0 bridgehead atoms. The molecule has 1 aromatic rings. The number of hydrogen-bond donors (Lipinski definition) is 2. The van der Waals surface area contributed by atoms with Crippen LogP contribution >= 0.6 is 0 Å². The molecule has 1 amide bonds. The van der Waals surface area contributed by atoms with Crippen LogP contribution in [0, 0.1) is 0 Å². The molecule has 1 saturated heterocycles. The first kappa shape index (κ1) is 23.5. The van der Waals surface area contributed by atoms with Crippen LogP contribution in [0.1, 0.15) is 49.4 Å². The minimum Gasteiger partial charge on any atom is -0.497 e. The summed E-state index contributed by atoms with van der Waals surface area (Å²) >= 11 is 0. The highest BCUT2D eigenvalue weighted by Crippen LogP contribution is 2.33. The van der Waals surface area contributed by atoms with Gasteiger partial charge in [-0.05, 0) is 74.6 Å². The zero-order chi connectivity index (χ0) is 23.0. The minimum absolute atomic E-state index is 0.0824. The van der Waals surface area contributed by atoms with E-state index < -0.39 is 0 Å². The van der Waals surface area contributed by atoms with Crippen molar-refractivity contribution in [1.29, 1.82) is 0 Å². The second-order valence-corrected chi connectivity index (χ2v) is 8.40. The molecule has 3 N–H and O–H groups in total. The summed E-state index contributed by atoms with van der Waals surface area (Å²) < 4.78 is 5.44. The lowest BCUT2D eigenvalue weighted by molar-refractivity contribution is 0.0725. The number of rotatable bonds is 3. The molecule has 0 aromatic heterocycles. The monoisotopic (exact) mass is 436 g/mol. The van der Waals surface area contributed by atoms with Crippen molar-refractivity contribution >= 4 is 11.6 Å². The number of amides is 1. The van der Waals surface area contributed by atoms with Crippen molar-refractivity contribution in [1.82, 2.24) is 15.1 Å². The number of likely N-dealkylation sites (N-methyl/N-ethyl adjacent to an activating group) is 1. The summed E-state index contributed by atoms with van der Waals surface area (Å²) in [5.74, 6) is 0.880. The predicted molar refractivity (Wildman–Crippen MR) is 131 cm³/mol. The van der Waals surface area contributed by atoms with E-state index >= 15 is 0 Å². The Labute approximate surface area is 192 Å².